The van der Waals surface area contributed by atoms with Crippen molar-refractivity contribution in [3.05, 3.63) is 63.9 Å². The zero-order chi connectivity index (χ0) is 15.4. The number of benzene rings is 2. The molecule has 0 aliphatic rings. The molecule has 2 aromatic rings. The van der Waals surface area contributed by atoms with Crippen LogP contribution in [0.1, 0.15) is 11.1 Å². The Balaban J connectivity index is 2.02. The van der Waals surface area contributed by atoms with Gasteiger partial charge in [0.25, 0.3) is 0 Å². The smallest absolute Gasteiger partial charge is 0.321 e. The van der Waals surface area contributed by atoms with Crippen LogP contribution < -0.4 is 5.32 Å². The van der Waals surface area contributed by atoms with Crippen LogP contribution in [0.25, 0.3) is 0 Å². The summed E-state index contributed by atoms with van der Waals surface area (Å²) in [5.41, 5.74) is 2.10. The van der Waals surface area contributed by atoms with E-state index in [1.54, 1.807) is 31.0 Å². The maximum atomic E-state index is 13.2. The SMILES string of the molecule is Cc1cc(NC(=O)N(C)Cc2ccccc2Br)ccc1F. The lowest BCUT2D eigenvalue weighted by Crippen LogP contribution is -2.31. The quantitative estimate of drug-likeness (QED) is 0.864. The van der Waals surface area contributed by atoms with E-state index in [9.17, 15) is 9.18 Å². The molecular weight excluding hydrogens is 335 g/mol. The van der Waals surface area contributed by atoms with E-state index in [2.05, 4.69) is 21.2 Å². The largest absolute Gasteiger partial charge is 0.323 e. The van der Waals surface area contributed by atoms with Gasteiger partial charge < -0.3 is 10.2 Å². The summed E-state index contributed by atoms with van der Waals surface area (Å²) in [4.78, 5) is 13.7. The van der Waals surface area contributed by atoms with Gasteiger partial charge in [-0.05, 0) is 42.3 Å². The van der Waals surface area contributed by atoms with E-state index in [-0.39, 0.29) is 11.8 Å². The summed E-state index contributed by atoms with van der Waals surface area (Å²) in [7, 11) is 1.71. The van der Waals surface area contributed by atoms with Crippen LogP contribution in [-0.4, -0.2) is 18.0 Å². The van der Waals surface area contributed by atoms with Gasteiger partial charge >= 0.3 is 6.03 Å². The number of carbonyl (C=O) groups excluding carboxylic acids is 1. The van der Waals surface area contributed by atoms with Crippen LogP contribution >= 0.6 is 15.9 Å². The average molecular weight is 351 g/mol. The van der Waals surface area contributed by atoms with E-state index in [4.69, 9.17) is 0 Å². The molecular formula is C16H16BrFN2O. The Kier molecular flexibility index (Phi) is 4.96. The molecule has 2 aromatic carbocycles. The Morgan fingerprint density at radius 3 is 2.67 bits per heavy atom. The van der Waals surface area contributed by atoms with Gasteiger partial charge in [-0.25, -0.2) is 9.18 Å². The first-order valence-corrected chi connectivity index (χ1v) is 7.28. The van der Waals surface area contributed by atoms with Crippen LogP contribution in [0.2, 0.25) is 0 Å². The van der Waals surface area contributed by atoms with Crippen molar-refractivity contribution in [2.75, 3.05) is 12.4 Å². The second-order valence-electron chi connectivity index (χ2n) is 4.84. The van der Waals surface area contributed by atoms with Crippen molar-refractivity contribution < 1.29 is 9.18 Å². The lowest BCUT2D eigenvalue weighted by atomic mass is 10.2. The van der Waals surface area contributed by atoms with E-state index in [0.717, 1.165) is 10.0 Å². The van der Waals surface area contributed by atoms with Gasteiger partial charge in [0.1, 0.15) is 5.82 Å². The minimum atomic E-state index is -0.283. The highest BCUT2D eigenvalue weighted by atomic mass is 79.9. The lowest BCUT2D eigenvalue weighted by Gasteiger charge is -2.19. The summed E-state index contributed by atoms with van der Waals surface area (Å²) in [6.45, 7) is 2.14. The van der Waals surface area contributed by atoms with Crippen LogP contribution in [0.15, 0.2) is 46.9 Å². The molecule has 0 saturated carbocycles. The maximum absolute atomic E-state index is 13.2. The first kappa shape index (κ1) is 15.5. The van der Waals surface area contributed by atoms with Crippen molar-refractivity contribution in [2.24, 2.45) is 0 Å². The first-order chi connectivity index (χ1) is 9.97. The van der Waals surface area contributed by atoms with E-state index in [0.29, 0.717) is 17.8 Å². The van der Waals surface area contributed by atoms with Gasteiger partial charge in [0, 0.05) is 23.8 Å². The number of anilines is 1. The standard InChI is InChI=1S/C16H16BrFN2O/c1-11-9-13(7-8-15(11)18)19-16(21)20(2)10-12-5-3-4-6-14(12)17/h3-9H,10H2,1-2H3,(H,19,21). The molecule has 0 aromatic heterocycles. The number of urea groups is 1. The van der Waals surface area contributed by atoms with Crippen LogP contribution in [0, 0.1) is 12.7 Å². The monoisotopic (exact) mass is 350 g/mol. The van der Waals surface area contributed by atoms with Crippen molar-refractivity contribution in [3.8, 4) is 0 Å². The Bertz CT molecular complexity index is 660. The van der Waals surface area contributed by atoms with Crippen molar-refractivity contribution in [1.29, 1.82) is 0 Å². The Hall–Kier alpha value is -1.88. The normalized spacial score (nSPS) is 10.3. The predicted octanol–water partition coefficient (Wildman–Crippen LogP) is 4.56. The summed E-state index contributed by atoms with van der Waals surface area (Å²) >= 11 is 3.46. The molecule has 0 bridgehead atoms. The highest BCUT2D eigenvalue weighted by Crippen LogP contribution is 2.18. The summed E-state index contributed by atoms with van der Waals surface area (Å²) in [5, 5.41) is 2.75. The number of carbonyl (C=O) groups is 1. The fourth-order valence-corrected chi connectivity index (χ4v) is 2.31. The highest BCUT2D eigenvalue weighted by Gasteiger charge is 2.11. The molecule has 0 atom stereocenters. The van der Waals surface area contributed by atoms with E-state index >= 15 is 0 Å². The molecule has 0 spiro atoms. The second kappa shape index (κ2) is 6.72. The summed E-state index contributed by atoms with van der Waals surface area (Å²) in [6, 6.07) is 12.0. The minimum Gasteiger partial charge on any atom is -0.323 e. The fraction of sp³-hybridized carbons (Fsp3) is 0.188. The third-order valence-electron chi connectivity index (χ3n) is 3.12. The molecule has 2 rings (SSSR count). The van der Waals surface area contributed by atoms with Gasteiger partial charge in [-0.15, -0.1) is 0 Å². The van der Waals surface area contributed by atoms with Crippen LogP contribution in [0.3, 0.4) is 0 Å². The molecule has 21 heavy (non-hydrogen) atoms. The number of nitrogens with one attached hydrogen (secondary N) is 1. The Morgan fingerprint density at radius 2 is 2.00 bits per heavy atom. The number of nitrogens with zero attached hydrogens (tertiary/aromatic N) is 1. The number of hydrogen-bond acceptors (Lipinski definition) is 1. The third-order valence-corrected chi connectivity index (χ3v) is 3.89. The van der Waals surface area contributed by atoms with Gasteiger partial charge in [-0.1, -0.05) is 34.1 Å². The van der Waals surface area contributed by atoms with Gasteiger partial charge in [-0.3, -0.25) is 0 Å². The van der Waals surface area contributed by atoms with Crippen LogP contribution in [0.4, 0.5) is 14.9 Å². The van der Waals surface area contributed by atoms with Crippen molar-refractivity contribution in [3.63, 3.8) is 0 Å². The van der Waals surface area contributed by atoms with Crippen LogP contribution in [0.5, 0.6) is 0 Å². The molecule has 0 saturated heterocycles. The zero-order valence-corrected chi connectivity index (χ0v) is 13.4. The van der Waals surface area contributed by atoms with Crippen molar-refractivity contribution >= 4 is 27.6 Å². The van der Waals surface area contributed by atoms with Crippen LogP contribution in [-0.2, 0) is 6.54 Å². The number of halogens is 2. The van der Waals surface area contributed by atoms with E-state index in [1.165, 1.54) is 6.07 Å². The van der Waals surface area contributed by atoms with Crippen molar-refractivity contribution in [1.82, 2.24) is 4.90 Å². The minimum absolute atomic E-state index is 0.239. The molecule has 0 unspecified atom stereocenters. The van der Waals surface area contributed by atoms with Gasteiger partial charge in [-0.2, -0.15) is 0 Å². The topological polar surface area (TPSA) is 32.3 Å². The summed E-state index contributed by atoms with van der Waals surface area (Å²) < 4.78 is 14.2. The maximum Gasteiger partial charge on any atom is 0.321 e. The Labute approximate surface area is 131 Å². The molecule has 0 heterocycles. The molecule has 3 nitrogen and oxygen atoms in total. The molecule has 0 radical (unpaired) electrons. The molecule has 0 fully saturated rings. The van der Waals surface area contributed by atoms with Crippen molar-refractivity contribution in [2.45, 2.75) is 13.5 Å². The fourth-order valence-electron chi connectivity index (χ4n) is 1.90. The summed E-state index contributed by atoms with van der Waals surface area (Å²) in [5.74, 6) is -0.283. The first-order valence-electron chi connectivity index (χ1n) is 6.49. The number of rotatable bonds is 3. The predicted molar refractivity (Wildman–Crippen MR) is 85.8 cm³/mol. The molecule has 5 heteroatoms. The molecule has 110 valence electrons. The number of hydrogen-bond donors (Lipinski definition) is 1. The lowest BCUT2D eigenvalue weighted by molar-refractivity contribution is 0.220. The number of aryl methyl sites for hydroxylation is 1. The summed E-state index contributed by atoms with van der Waals surface area (Å²) in [6.07, 6.45) is 0. The second-order valence-corrected chi connectivity index (χ2v) is 5.70. The Morgan fingerprint density at radius 1 is 1.29 bits per heavy atom. The molecule has 2 amide bonds. The molecule has 0 aliphatic carbocycles. The highest BCUT2D eigenvalue weighted by molar-refractivity contribution is 9.10. The van der Waals surface area contributed by atoms with Gasteiger partial charge in [0.05, 0.1) is 0 Å². The van der Waals surface area contributed by atoms with Gasteiger partial charge in [0.15, 0.2) is 0 Å². The molecule has 1 N–H and O–H groups in total. The third kappa shape index (κ3) is 4.04. The zero-order valence-electron chi connectivity index (χ0n) is 11.9. The number of amides is 2. The molecule has 0 aliphatic heterocycles. The van der Waals surface area contributed by atoms with E-state index < -0.39 is 0 Å². The average Bonchev–Trinajstić information content (AvgIpc) is 2.45. The van der Waals surface area contributed by atoms with E-state index in [1.807, 2.05) is 24.3 Å². The van der Waals surface area contributed by atoms with Gasteiger partial charge in [0.2, 0.25) is 0 Å².